The number of carbonyl (C=O) groups excluding carboxylic acids is 1. The highest BCUT2D eigenvalue weighted by molar-refractivity contribution is 9.10. The summed E-state index contributed by atoms with van der Waals surface area (Å²) in [4.78, 5) is 11.9. The molecule has 0 fully saturated rings. The summed E-state index contributed by atoms with van der Waals surface area (Å²) in [5.41, 5.74) is 0.0155. The molecule has 2 aromatic carbocycles. The van der Waals surface area contributed by atoms with Crippen molar-refractivity contribution in [1.29, 1.82) is 0 Å². The third-order valence-electron chi connectivity index (χ3n) is 2.41. The van der Waals surface area contributed by atoms with E-state index in [-0.39, 0.29) is 21.3 Å². The Morgan fingerprint density at radius 2 is 1.70 bits per heavy atom. The molecule has 0 spiro atoms. The Hall–Kier alpha value is -1.17. The highest BCUT2D eigenvalue weighted by atomic mass is 79.9. The maximum absolute atomic E-state index is 13.6. The molecule has 1 amide bonds. The van der Waals surface area contributed by atoms with Crippen molar-refractivity contribution in [3.05, 3.63) is 62.0 Å². The maximum Gasteiger partial charge on any atom is 0.258 e. The van der Waals surface area contributed by atoms with E-state index in [1.165, 1.54) is 24.3 Å². The lowest BCUT2D eigenvalue weighted by molar-refractivity contribution is 0.102. The smallest absolute Gasteiger partial charge is 0.258 e. The summed E-state index contributed by atoms with van der Waals surface area (Å²) >= 11 is 14.4. The van der Waals surface area contributed by atoms with E-state index in [0.717, 1.165) is 6.07 Å². The molecule has 0 radical (unpaired) electrons. The number of amides is 1. The average molecular weight is 381 g/mol. The molecule has 0 bridgehead atoms. The number of halogens is 5. The summed E-state index contributed by atoms with van der Waals surface area (Å²) in [7, 11) is 0. The molecule has 0 saturated heterocycles. The fourth-order valence-corrected chi connectivity index (χ4v) is 2.35. The normalized spacial score (nSPS) is 10.4. The van der Waals surface area contributed by atoms with Crippen LogP contribution in [0.3, 0.4) is 0 Å². The predicted octanol–water partition coefficient (Wildman–Crippen LogP) is 5.29. The van der Waals surface area contributed by atoms with Gasteiger partial charge >= 0.3 is 0 Å². The van der Waals surface area contributed by atoms with Gasteiger partial charge in [-0.2, -0.15) is 0 Å². The van der Waals surface area contributed by atoms with Gasteiger partial charge in [-0.25, -0.2) is 8.78 Å². The molecule has 0 aromatic heterocycles. The van der Waals surface area contributed by atoms with Gasteiger partial charge < -0.3 is 5.32 Å². The molecule has 2 nitrogen and oxygen atoms in total. The summed E-state index contributed by atoms with van der Waals surface area (Å²) in [6.45, 7) is 0. The average Bonchev–Trinajstić information content (AvgIpc) is 2.38. The number of carbonyl (C=O) groups is 1. The zero-order chi connectivity index (χ0) is 14.9. The highest BCUT2D eigenvalue weighted by Gasteiger charge is 2.14. The van der Waals surface area contributed by atoms with Crippen LogP contribution in [0, 0.1) is 11.6 Å². The molecule has 2 rings (SSSR count). The van der Waals surface area contributed by atoms with Crippen LogP contribution in [0.1, 0.15) is 10.4 Å². The second kappa shape index (κ2) is 6.08. The Balaban J connectivity index is 2.30. The van der Waals surface area contributed by atoms with E-state index in [4.69, 9.17) is 23.2 Å². The van der Waals surface area contributed by atoms with Crippen LogP contribution in [-0.4, -0.2) is 5.91 Å². The minimum atomic E-state index is -0.778. The van der Waals surface area contributed by atoms with Crippen LogP contribution in [0.2, 0.25) is 10.0 Å². The zero-order valence-corrected chi connectivity index (χ0v) is 12.8. The van der Waals surface area contributed by atoms with Crippen LogP contribution >= 0.6 is 39.1 Å². The van der Waals surface area contributed by atoms with Crippen molar-refractivity contribution in [1.82, 2.24) is 0 Å². The topological polar surface area (TPSA) is 29.1 Å². The van der Waals surface area contributed by atoms with Crippen LogP contribution in [-0.2, 0) is 0 Å². The van der Waals surface area contributed by atoms with Crippen molar-refractivity contribution in [2.75, 3.05) is 5.32 Å². The molecule has 0 saturated carbocycles. The largest absolute Gasteiger partial charge is 0.322 e. The van der Waals surface area contributed by atoms with E-state index in [0.29, 0.717) is 4.47 Å². The third-order valence-corrected chi connectivity index (χ3v) is 3.46. The molecule has 7 heteroatoms. The molecule has 0 unspecified atom stereocenters. The molecule has 1 N–H and O–H groups in total. The van der Waals surface area contributed by atoms with Gasteiger partial charge in [0.05, 0.1) is 15.6 Å². The van der Waals surface area contributed by atoms with Gasteiger partial charge in [-0.3, -0.25) is 4.79 Å². The maximum atomic E-state index is 13.6. The van der Waals surface area contributed by atoms with E-state index in [2.05, 4.69) is 21.2 Å². The first-order valence-corrected chi connectivity index (χ1v) is 6.84. The second-order valence-electron chi connectivity index (χ2n) is 3.83. The van der Waals surface area contributed by atoms with Crippen molar-refractivity contribution < 1.29 is 13.6 Å². The molecule has 0 atom stereocenters. The first-order valence-electron chi connectivity index (χ1n) is 5.29. The Morgan fingerprint density at radius 1 is 1.10 bits per heavy atom. The van der Waals surface area contributed by atoms with E-state index in [9.17, 15) is 13.6 Å². The summed E-state index contributed by atoms with van der Waals surface area (Å²) in [6.07, 6.45) is 0. The van der Waals surface area contributed by atoms with Crippen molar-refractivity contribution >= 4 is 50.7 Å². The van der Waals surface area contributed by atoms with Crippen LogP contribution < -0.4 is 5.32 Å². The molecule has 104 valence electrons. The van der Waals surface area contributed by atoms with Crippen LogP contribution in [0.4, 0.5) is 14.5 Å². The number of nitrogens with one attached hydrogen (secondary N) is 1. The van der Waals surface area contributed by atoms with Crippen molar-refractivity contribution in [3.8, 4) is 0 Å². The number of anilines is 1. The molecular formula is C13H6BrCl2F2NO. The summed E-state index contributed by atoms with van der Waals surface area (Å²) in [5.74, 6) is -2.15. The van der Waals surface area contributed by atoms with Gasteiger partial charge in [0.15, 0.2) is 5.82 Å². The van der Waals surface area contributed by atoms with Gasteiger partial charge in [0.2, 0.25) is 0 Å². The van der Waals surface area contributed by atoms with Crippen molar-refractivity contribution in [2.45, 2.75) is 0 Å². The monoisotopic (exact) mass is 379 g/mol. The van der Waals surface area contributed by atoms with Gasteiger partial charge in [-0.05, 0) is 30.3 Å². The molecule has 0 aliphatic heterocycles. The first kappa shape index (κ1) is 15.2. The SMILES string of the molecule is O=C(Nc1cc(Cl)c(F)c(Cl)c1)c1cc(Br)ccc1F. The molecule has 0 aliphatic rings. The Bertz CT molecular complexity index is 671. The lowest BCUT2D eigenvalue weighted by Gasteiger charge is -2.08. The fourth-order valence-electron chi connectivity index (χ4n) is 1.50. The number of hydrogen-bond donors (Lipinski definition) is 1. The summed E-state index contributed by atoms with van der Waals surface area (Å²) < 4.78 is 27.4. The molecule has 0 heterocycles. The minimum Gasteiger partial charge on any atom is -0.322 e. The predicted molar refractivity (Wildman–Crippen MR) is 78.5 cm³/mol. The lowest BCUT2D eigenvalue weighted by Crippen LogP contribution is -2.14. The number of rotatable bonds is 2. The van der Waals surface area contributed by atoms with Gasteiger partial charge in [0.25, 0.3) is 5.91 Å². The minimum absolute atomic E-state index is 0.157. The van der Waals surface area contributed by atoms with Gasteiger partial charge in [0.1, 0.15) is 5.82 Å². The Kier molecular flexibility index (Phi) is 4.62. The molecule has 0 aliphatic carbocycles. The highest BCUT2D eigenvalue weighted by Crippen LogP contribution is 2.28. The van der Waals surface area contributed by atoms with Crippen molar-refractivity contribution in [2.24, 2.45) is 0 Å². The van der Waals surface area contributed by atoms with Gasteiger partial charge in [-0.15, -0.1) is 0 Å². The molecular weight excluding hydrogens is 375 g/mol. The van der Waals surface area contributed by atoms with E-state index >= 15 is 0 Å². The molecule has 2 aromatic rings. The zero-order valence-electron chi connectivity index (χ0n) is 9.68. The summed E-state index contributed by atoms with van der Waals surface area (Å²) in [5, 5.41) is 1.93. The van der Waals surface area contributed by atoms with E-state index in [1.807, 2.05) is 0 Å². The first-order chi connectivity index (χ1) is 9.38. The lowest BCUT2D eigenvalue weighted by atomic mass is 10.2. The van der Waals surface area contributed by atoms with Gasteiger partial charge in [-0.1, -0.05) is 39.1 Å². The van der Waals surface area contributed by atoms with Crippen LogP contribution in [0.15, 0.2) is 34.8 Å². The van der Waals surface area contributed by atoms with Gasteiger partial charge in [0, 0.05) is 10.2 Å². The second-order valence-corrected chi connectivity index (χ2v) is 5.56. The summed E-state index contributed by atoms with van der Waals surface area (Å²) in [6, 6.07) is 6.34. The quantitative estimate of drug-likeness (QED) is 0.705. The number of hydrogen-bond acceptors (Lipinski definition) is 1. The fraction of sp³-hybridized carbons (Fsp3) is 0. The third kappa shape index (κ3) is 3.29. The van der Waals surface area contributed by atoms with E-state index in [1.54, 1.807) is 0 Å². The van der Waals surface area contributed by atoms with E-state index < -0.39 is 17.5 Å². The Morgan fingerprint density at radius 3 is 2.30 bits per heavy atom. The number of benzene rings is 2. The Labute approximate surface area is 131 Å². The standard InChI is InChI=1S/C13H6BrCl2F2NO/c14-6-1-2-11(17)8(3-6)13(20)19-7-4-9(15)12(18)10(16)5-7/h1-5H,(H,19,20). The van der Waals surface area contributed by atoms with Crippen LogP contribution in [0.25, 0.3) is 0 Å². The molecule has 20 heavy (non-hydrogen) atoms. The van der Waals surface area contributed by atoms with Crippen LogP contribution in [0.5, 0.6) is 0 Å². The van der Waals surface area contributed by atoms with Crippen molar-refractivity contribution in [3.63, 3.8) is 0 Å².